The first-order valence-electron chi connectivity index (χ1n) is 11.5. The molecule has 2 unspecified atom stereocenters. The Kier molecular flexibility index (Phi) is 7.37. The van der Waals surface area contributed by atoms with E-state index < -0.39 is 9.84 Å². The molecule has 35 heavy (non-hydrogen) atoms. The smallest absolute Gasteiger partial charge is 0.257 e. The Morgan fingerprint density at radius 3 is 2.37 bits per heavy atom. The van der Waals surface area contributed by atoms with E-state index in [4.69, 9.17) is 9.47 Å². The molecule has 2 heterocycles. The standard InChI is InChI=1S/C26H29N3O5S/c1-4-35(31,32)24-8-6-5-7-23(24)34-22-12-10-21(11-13-22)28-26(30)20-9-14-25(27-15-20)29-16-18(2)33-19(3)17-29/h5-15,18-19H,4,16-17H2,1-3H3,(H,28,30). The van der Waals surface area contributed by atoms with Crippen molar-refractivity contribution in [3.8, 4) is 11.5 Å². The number of anilines is 2. The van der Waals surface area contributed by atoms with E-state index >= 15 is 0 Å². The van der Waals surface area contributed by atoms with Gasteiger partial charge in [-0.3, -0.25) is 4.79 Å². The van der Waals surface area contributed by atoms with Crippen molar-refractivity contribution in [2.24, 2.45) is 0 Å². The van der Waals surface area contributed by atoms with Gasteiger partial charge in [0.25, 0.3) is 5.91 Å². The average molecular weight is 496 g/mol. The van der Waals surface area contributed by atoms with Gasteiger partial charge in [-0.2, -0.15) is 0 Å². The summed E-state index contributed by atoms with van der Waals surface area (Å²) in [6.45, 7) is 7.17. The molecular formula is C26H29N3O5S. The zero-order valence-corrected chi connectivity index (χ0v) is 20.8. The summed E-state index contributed by atoms with van der Waals surface area (Å²) in [5.41, 5.74) is 1.03. The lowest BCUT2D eigenvalue weighted by molar-refractivity contribution is -0.00546. The molecule has 1 saturated heterocycles. The van der Waals surface area contributed by atoms with E-state index in [0.29, 0.717) is 17.0 Å². The lowest BCUT2D eigenvalue weighted by Gasteiger charge is -2.36. The minimum absolute atomic E-state index is 0.0150. The summed E-state index contributed by atoms with van der Waals surface area (Å²) in [5.74, 6) is 1.25. The van der Waals surface area contributed by atoms with Crippen LogP contribution in [0, 0.1) is 0 Å². The van der Waals surface area contributed by atoms with Crippen LogP contribution in [-0.2, 0) is 14.6 Å². The molecular weight excluding hydrogens is 466 g/mol. The van der Waals surface area contributed by atoms with Gasteiger partial charge in [0.2, 0.25) is 0 Å². The topological polar surface area (TPSA) is 97.8 Å². The summed E-state index contributed by atoms with van der Waals surface area (Å²) < 4.78 is 36.2. The number of benzene rings is 2. The summed E-state index contributed by atoms with van der Waals surface area (Å²) >= 11 is 0. The van der Waals surface area contributed by atoms with Crippen molar-refractivity contribution in [1.82, 2.24) is 4.98 Å². The van der Waals surface area contributed by atoms with Crippen molar-refractivity contribution in [3.05, 3.63) is 72.4 Å². The molecule has 0 spiro atoms. The maximum absolute atomic E-state index is 12.7. The molecule has 9 heteroatoms. The molecule has 0 saturated carbocycles. The summed E-state index contributed by atoms with van der Waals surface area (Å²) in [4.78, 5) is 19.5. The number of hydrogen-bond acceptors (Lipinski definition) is 7. The van der Waals surface area contributed by atoms with Crippen LogP contribution in [0.5, 0.6) is 11.5 Å². The molecule has 3 aromatic rings. The van der Waals surface area contributed by atoms with E-state index in [-0.39, 0.29) is 34.5 Å². The van der Waals surface area contributed by atoms with Crippen molar-refractivity contribution >= 4 is 27.2 Å². The fourth-order valence-corrected chi connectivity index (χ4v) is 4.97. The van der Waals surface area contributed by atoms with Gasteiger partial charge < -0.3 is 19.7 Å². The Hall–Kier alpha value is -3.43. The molecule has 4 rings (SSSR count). The Bertz CT molecular complexity index is 1270. The van der Waals surface area contributed by atoms with Gasteiger partial charge in [0.05, 0.1) is 23.5 Å². The van der Waals surface area contributed by atoms with Gasteiger partial charge in [-0.05, 0) is 62.4 Å². The van der Waals surface area contributed by atoms with Gasteiger partial charge in [-0.1, -0.05) is 19.1 Å². The van der Waals surface area contributed by atoms with Crippen LogP contribution in [-0.4, -0.2) is 50.4 Å². The summed E-state index contributed by atoms with van der Waals surface area (Å²) in [6, 6.07) is 16.9. The third kappa shape index (κ3) is 5.98. The Morgan fingerprint density at radius 1 is 1.06 bits per heavy atom. The second-order valence-corrected chi connectivity index (χ2v) is 10.7. The Morgan fingerprint density at radius 2 is 1.74 bits per heavy atom. The van der Waals surface area contributed by atoms with Crippen LogP contribution in [0.15, 0.2) is 71.8 Å². The van der Waals surface area contributed by atoms with E-state index in [0.717, 1.165) is 18.9 Å². The molecule has 1 amide bonds. The van der Waals surface area contributed by atoms with Crippen LogP contribution in [0.4, 0.5) is 11.5 Å². The summed E-state index contributed by atoms with van der Waals surface area (Å²) in [5, 5.41) is 2.84. The number of carbonyl (C=O) groups excluding carboxylic acids is 1. The second kappa shape index (κ2) is 10.5. The number of pyridine rings is 1. The highest BCUT2D eigenvalue weighted by molar-refractivity contribution is 7.91. The summed E-state index contributed by atoms with van der Waals surface area (Å²) in [6.07, 6.45) is 1.82. The number of nitrogens with zero attached hydrogens (tertiary/aromatic N) is 2. The van der Waals surface area contributed by atoms with Gasteiger partial charge in [0.1, 0.15) is 22.2 Å². The van der Waals surface area contributed by atoms with Gasteiger partial charge in [0.15, 0.2) is 9.84 Å². The predicted octanol–water partition coefficient (Wildman–Crippen LogP) is 4.53. The van der Waals surface area contributed by atoms with Crippen LogP contribution in [0.3, 0.4) is 0 Å². The minimum Gasteiger partial charge on any atom is -0.456 e. The number of para-hydroxylation sites is 1. The van der Waals surface area contributed by atoms with E-state index in [1.807, 2.05) is 19.9 Å². The number of morpholine rings is 1. The highest BCUT2D eigenvalue weighted by atomic mass is 32.2. The number of ether oxygens (including phenoxy) is 2. The SMILES string of the molecule is CCS(=O)(=O)c1ccccc1Oc1ccc(NC(=O)c2ccc(N3CC(C)OC(C)C3)nc2)cc1. The number of amides is 1. The van der Waals surface area contributed by atoms with Crippen LogP contribution in [0.2, 0.25) is 0 Å². The first kappa shape index (κ1) is 24.7. The van der Waals surface area contributed by atoms with Crippen molar-refractivity contribution in [2.45, 2.75) is 37.9 Å². The Labute approximate surface area is 205 Å². The second-order valence-electron chi connectivity index (χ2n) is 8.50. The van der Waals surface area contributed by atoms with Crippen LogP contribution in [0.1, 0.15) is 31.1 Å². The number of carbonyl (C=O) groups is 1. The van der Waals surface area contributed by atoms with Gasteiger partial charge in [-0.25, -0.2) is 13.4 Å². The molecule has 0 aliphatic carbocycles. The van der Waals surface area contributed by atoms with E-state index in [1.54, 1.807) is 61.7 Å². The Balaban J connectivity index is 1.40. The predicted molar refractivity (Wildman–Crippen MR) is 135 cm³/mol. The molecule has 184 valence electrons. The fourth-order valence-electron chi connectivity index (χ4n) is 3.96. The molecule has 1 aliphatic heterocycles. The number of aromatic nitrogens is 1. The fraction of sp³-hybridized carbons (Fsp3) is 0.308. The molecule has 8 nitrogen and oxygen atoms in total. The van der Waals surface area contributed by atoms with Gasteiger partial charge >= 0.3 is 0 Å². The first-order valence-corrected chi connectivity index (χ1v) is 13.2. The lowest BCUT2D eigenvalue weighted by Crippen LogP contribution is -2.45. The van der Waals surface area contributed by atoms with Gasteiger partial charge in [0, 0.05) is 25.0 Å². The van der Waals surface area contributed by atoms with Gasteiger partial charge in [-0.15, -0.1) is 0 Å². The maximum atomic E-state index is 12.7. The van der Waals surface area contributed by atoms with Crippen molar-refractivity contribution < 1.29 is 22.7 Å². The third-order valence-corrected chi connectivity index (χ3v) is 7.43. The molecule has 0 bridgehead atoms. The molecule has 1 fully saturated rings. The van der Waals surface area contributed by atoms with Crippen molar-refractivity contribution in [3.63, 3.8) is 0 Å². The quantitative estimate of drug-likeness (QED) is 0.514. The highest BCUT2D eigenvalue weighted by Crippen LogP contribution is 2.30. The molecule has 2 atom stereocenters. The number of sulfone groups is 1. The maximum Gasteiger partial charge on any atom is 0.257 e. The normalized spacial score (nSPS) is 18.2. The molecule has 1 aromatic heterocycles. The monoisotopic (exact) mass is 495 g/mol. The van der Waals surface area contributed by atoms with Crippen molar-refractivity contribution in [1.29, 1.82) is 0 Å². The molecule has 1 aliphatic rings. The zero-order chi connectivity index (χ0) is 25.0. The molecule has 0 radical (unpaired) electrons. The first-order chi connectivity index (χ1) is 16.7. The largest absolute Gasteiger partial charge is 0.456 e. The lowest BCUT2D eigenvalue weighted by atomic mass is 10.2. The number of rotatable bonds is 7. The minimum atomic E-state index is -3.42. The zero-order valence-electron chi connectivity index (χ0n) is 20.0. The number of nitrogens with one attached hydrogen (secondary N) is 1. The van der Waals surface area contributed by atoms with E-state index in [1.165, 1.54) is 6.07 Å². The highest BCUT2D eigenvalue weighted by Gasteiger charge is 2.23. The molecule has 2 aromatic carbocycles. The molecule has 1 N–H and O–H groups in total. The van der Waals surface area contributed by atoms with Crippen LogP contribution in [0.25, 0.3) is 0 Å². The van der Waals surface area contributed by atoms with E-state index in [9.17, 15) is 13.2 Å². The average Bonchev–Trinajstić information content (AvgIpc) is 2.85. The van der Waals surface area contributed by atoms with Crippen molar-refractivity contribution in [2.75, 3.05) is 29.1 Å². The van der Waals surface area contributed by atoms with Crippen LogP contribution < -0.4 is 15.0 Å². The van der Waals surface area contributed by atoms with Crippen LogP contribution >= 0.6 is 0 Å². The number of hydrogen-bond donors (Lipinski definition) is 1. The summed E-state index contributed by atoms with van der Waals surface area (Å²) in [7, 11) is -3.42. The van der Waals surface area contributed by atoms with E-state index in [2.05, 4.69) is 15.2 Å². The third-order valence-electron chi connectivity index (χ3n) is 5.66.